The second-order valence-electron chi connectivity index (χ2n) is 29.6. The fraction of sp³-hybridized carbons (Fsp3) is 0.0826. The zero-order valence-electron chi connectivity index (χ0n) is 72.6. The second kappa shape index (κ2) is 42.8. The summed E-state index contributed by atoms with van der Waals surface area (Å²) in [4.78, 5) is 42.2. The first kappa shape index (κ1) is 88.1. The third kappa shape index (κ3) is 21.8. The van der Waals surface area contributed by atoms with Crippen molar-refractivity contribution in [2.75, 3.05) is 34.5 Å². The van der Waals surface area contributed by atoms with Crippen LogP contribution in [0.4, 0.5) is 0 Å². The predicted molar refractivity (Wildman–Crippen MR) is 526 cm³/mol. The van der Waals surface area contributed by atoms with Crippen molar-refractivity contribution in [1.82, 2.24) is 74.0 Å². The lowest BCUT2D eigenvalue weighted by Crippen LogP contribution is -2.01. The van der Waals surface area contributed by atoms with E-state index in [-0.39, 0.29) is 18.1 Å². The molecule has 0 aliphatic heterocycles. The molecule has 22 nitrogen and oxygen atoms in total. The Morgan fingerprint density at radius 1 is 0.359 bits per heavy atom. The van der Waals surface area contributed by atoms with E-state index in [1.54, 1.807) is 45.6 Å². The number of allylic oxidation sites excluding steroid dienone is 2. The van der Waals surface area contributed by atoms with Gasteiger partial charge in [0.1, 0.15) is 105 Å². The number of ether oxygens (including phenoxy) is 5. The summed E-state index contributed by atoms with van der Waals surface area (Å²) in [5, 5.41) is 28.4. The van der Waals surface area contributed by atoms with Gasteiger partial charge in [-0.2, -0.15) is 0 Å². The number of imidazole rings is 6. The molecular weight excluding hydrogens is 1630 g/mol. The molecule has 0 saturated heterocycles. The first-order chi connectivity index (χ1) is 64.3. The molecule has 0 unspecified atom stereocenters. The summed E-state index contributed by atoms with van der Waals surface area (Å²) in [7, 11) is 4.99. The molecule has 0 radical (unpaired) electrons. The lowest BCUT2D eigenvalue weighted by atomic mass is 10.1. The zero-order valence-corrected chi connectivity index (χ0v) is 72.6. The first-order valence-corrected chi connectivity index (χ1v) is 42.0. The summed E-state index contributed by atoms with van der Waals surface area (Å²) < 4.78 is 30.5. The van der Waals surface area contributed by atoms with Crippen molar-refractivity contribution in [2.24, 2.45) is 0 Å². The number of phenols is 2. The summed E-state index contributed by atoms with van der Waals surface area (Å²) in [5.74, 6) is 15.0. The van der Waals surface area contributed by atoms with Crippen LogP contribution in [-0.4, -0.2) is 119 Å². The number of nitrogens with zero attached hydrogens (tertiary/aromatic N) is 11. The standard InChI is InChI=1S/C17H16N2O.C17H14N2O.C16H15N3O.C16H14N2O.C16H12N2O.C14H12N2O.C13H10N2O/c2*1-3-12-19-16-7-5-4-6-15(16)18-17(19)13-8-10-14(20-2)11-9-13;1-3-6-12-9-11(2)10-15(16(12)20)19-17-13-7-4-5-8-14(13)18-19;2*1-2-11-19-13-9-7-12(8-10-13)16-17-14-5-3-4-6-15(14)18-16;1-17-11-8-6-10(7-9-11)14-15-12-4-2-3-5-13(12)16-14;16-10-7-5-9(6-8-10)13-14-11-3-1-2-4-12(11)15-13/h3-11H,1,12H2,2H3;1,4-11H,12H2,2H3;3-5,7-10,20H,1,6H2,2H3;2-10H,1,11H2,(H,17,18);1,3-10H,11H2,(H,17,18);2-9H,1H3,(H,15,16);1-8,16H,(H,14,15). The van der Waals surface area contributed by atoms with Crippen LogP contribution in [0.2, 0.25) is 0 Å². The molecule has 7 aromatic heterocycles. The maximum atomic E-state index is 10.4. The third-order valence-corrected chi connectivity index (χ3v) is 20.8. The highest BCUT2D eigenvalue weighted by Crippen LogP contribution is 2.34. The fourth-order valence-electron chi connectivity index (χ4n) is 14.3. The molecule has 6 N–H and O–H groups in total. The minimum absolute atomic E-state index is 0.204. The van der Waals surface area contributed by atoms with Gasteiger partial charge in [-0.15, -0.1) is 41.0 Å². The molecule has 0 fully saturated rings. The Kier molecular flexibility index (Phi) is 28.8. The SMILES string of the molecule is C#CCOc1ccc(-c2nc3ccccc3[nH]2)cc1.C#CCn1c(-c2ccc(OC)cc2)nc2ccccc21.C=CCOc1ccc(-c2nc3ccccc3[nH]2)cc1.C=CCc1cc(C)cc(-n2nc3ccccc3n2)c1O.C=CCn1c(-c2ccc(OC)cc2)nc2ccccc21.COc1ccc(-c2nc3ccccc3[nH]2)cc1.Oc1ccc(-c2nc3ccccc3[nH]2)cc1. The molecule has 14 aromatic carbocycles. The second-order valence-corrected chi connectivity index (χ2v) is 29.6. The Hall–Kier alpha value is -17.8. The van der Waals surface area contributed by atoms with Gasteiger partial charge < -0.3 is 63.0 Å². The highest BCUT2D eigenvalue weighted by atomic mass is 16.5. The normalized spacial score (nSPS) is 10.6. The maximum absolute atomic E-state index is 10.4. The summed E-state index contributed by atoms with van der Waals surface area (Å²) in [5.41, 5.74) is 22.4. The van der Waals surface area contributed by atoms with E-state index in [2.05, 4.69) is 102 Å². The number of methoxy groups -OCH3 is 3. The van der Waals surface area contributed by atoms with E-state index in [0.717, 1.165) is 192 Å². The van der Waals surface area contributed by atoms with E-state index in [1.165, 1.54) is 4.80 Å². The summed E-state index contributed by atoms with van der Waals surface area (Å²) >= 11 is 0. The quantitative estimate of drug-likeness (QED) is 0.0306. The van der Waals surface area contributed by atoms with Crippen LogP contribution in [0, 0.1) is 31.6 Å². The number of rotatable bonds is 20. The number of aromatic amines is 4. The third-order valence-electron chi connectivity index (χ3n) is 20.8. The number of aromatic nitrogens is 15. The number of hydrogen-bond acceptors (Lipinski definition) is 15. The van der Waals surface area contributed by atoms with Crippen LogP contribution in [0.3, 0.4) is 0 Å². The Labute approximate surface area is 757 Å². The number of nitrogens with one attached hydrogen (secondary N) is 4. The number of phenolic OH excluding ortho intramolecular Hbond substituents is 2. The van der Waals surface area contributed by atoms with Crippen LogP contribution in [0.1, 0.15) is 11.1 Å². The van der Waals surface area contributed by atoms with Gasteiger partial charge in [0.15, 0.2) is 0 Å². The van der Waals surface area contributed by atoms with Gasteiger partial charge in [-0.3, -0.25) is 0 Å². The van der Waals surface area contributed by atoms with Gasteiger partial charge in [0.05, 0.1) is 94.1 Å². The minimum Gasteiger partial charge on any atom is -0.508 e. The average molecular weight is 1730 g/mol. The summed E-state index contributed by atoms with van der Waals surface area (Å²) in [6.07, 6.45) is 16.6. The van der Waals surface area contributed by atoms with Gasteiger partial charge in [-0.25, -0.2) is 29.9 Å². The number of aryl methyl sites for hydroxylation is 1. The molecule has 646 valence electrons. The lowest BCUT2D eigenvalue weighted by Gasteiger charge is -2.09. The molecule has 0 aliphatic rings. The summed E-state index contributed by atoms with van der Waals surface area (Å²) in [6, 6.07) is 106. The molecule has 0 spiro atoms. The molecule has 21 rings (SSSR count). The molecule has 0 atom stereocenters. The van der Waals surface area contributed by atoms with Crippen molar-refractivity contribution < 1.29 is 33.9 Å². The fourth-order valence-corrected chi connectivity index (χ4v) is 14.3. The number of terminal acetylenes is 2. The van der Waals surface area contributed by atoms with E-state index in [1.807, 2.05) is 322 Å². The van der Waals surface area contributed by atoms with Crippen molar-refractivity contribution in [3.8, 4) is 139 Å². The van der Waals surface area contributed by atoms with Gasteiger partial charge in [-0.05, 0) is 255 Å². The molecule has 131 heavy (non-hydrogen) atoms. The summed E-state index contributed by atoms with van der Waals surface area (Å²) in [6.45, 7) is 15.2. The molecule has 7 heterocycles. The van der Waals surface area contributed by atoms with E-state index in [4.69, 9.17) is 41.5 Å². The molecule has 21 aromatic rings. The monoisotopic (exact) mass is 1720 g/mol. The largest absolute Gasteiger partial charge is 0.508 e. The van der Waals surface area contributed by atoms with Gasteiger partial charge in [0.2, 0.25) is 0 Å². The van der Waals surface area contributed by atoms with Crippen LogP contribution in [0.15, 0.2) is 366 Å². The van der Waals surface area contributed by atoms with E-state index < -0.39 is 0 Å². The molecule has 0 amide bonds. The van der Waals surface area contributed by atoms with E-state index in [0.29, 0.717) is 25.3 Å². The van der Waals surface area contributed by atoms with Crippen LogP contribution < -0.4 is 23.7 Å². The number of benzene rings is 14. The van der Waals surface area contributed by atoms with Crippen molar-refractivity contribution in [1.29, 1.82) is 0 Å². The van der Waals surface area contributed by atoms with E-state index >= 15 is 0 Å². The van der Waals surface area contributed by atoms with Crippen molar-refractivity contribution in [2.45, 2.75) is 26.4 Å². The molecule has 0 saturated carbocycles. The predicted octanol–water partition coefficient (Wildman–Crippen LogP) is 23.6. The Morgan fingerprint density at radius 3 is 1.07 bits per heavy atom. The molecule has 0 aliphatic carbocycles. The maximum Gasteiger partial charge on any atom is 0.148 e. The van der Waals surface area contributed by atoms with Gasteiger partial charge >= 0.3 is 0 Å². The van der Waals surface area contributed by atoms with Crippen molar-refractivity contribution >= 4 is 77.2 Å². The zero-order chi connectivity index (χ0) is 90.8. The number of H-pyrrole nitrogens is 4. The van der Waals surface area contributed by atoms with Crippen molar-refractivity contribution in [3.63, 3.8) is 0 Å². The first-order valence-electron chi connectivity index (χ1n) is 42.0. The molecule has 22 heteroatoms. The number of fused-ring (bicyclic) bond motifs is 7. The Morgan fingerprint density at radius 2 is 0.702 bits per heavy atom. The minimum atomic E-state index is 0.204. The number of para-hydroxylation sites is 12. The van der Waals surface area contributed by atoms with Crippen LogP contribution in [0.25, 0.3) is 151 Å². The number of hydrogen-bond donors (Lipinski definition) is 6. The van der Waals surface area contributed by atoms with Gasteiger partial charge in [0, 0.05) is 45.5 Å². The smallest absolute Gasteiger partial charge is 0.148 e. The Bertz CT molecular complexity index is 7350. The van der Waals surface area contributed by atoms with Crippen molar-refractivity contribution in [3.05, 3.63) is 377 Å². The van der Waals surface area contributed by atoms with Gasteiger partial charge in [-0.1, -0.05) is 128 Å². The molecular formula is C109H93N15O7. The number of aromatic hydroxyl groups is 2. The van der Waals surface area contributed by atoms with Crippen LogP contribution in [-0.2, 0) is 19.5 Å². The van der Waals surface area contributed by atoms with Crippen LogP contribution >= 0.6 is 0 Å². The molecule has 0 bridgehead atoms. The highest BCUT2D eigenvalue weighted by molar-refractivity contribution is 5.85. The lowest BCUT2D eigenvalue weighted by molar-refractivity contribution is 0.363. The van der Waals surface area contributed by atoms with Gasteiger partial charge in [0.25, 0.3) is 0 Å². The Balaban J connectivity index is 0.000000117. The van der Waals surface area contributed by atoms with E-state index in [9.17, 15) is 10.2 Å². The highest BCUT2D eigenvalue weighted by Gasteiger charge is 2.17. The topological polar surface area (TPSA) is 268 Å². The average Bonchev–Trinajstić information content (AvgIpc) is 1.29. The van der Waals surface area contributed by atoms with Crippen LogP contribution in [0.5, 0.6) is 40.2 Å².